The van der Waals surface area contributed by atoms with Gasteiger partial charge in [-0.05, 0) is 43.7 Å². The monoisotopic (exact) mass is 436 g/mol. The van der Waals surface area contributed by atoms with Crippen LogP contribution in [-0.2, 0) is 21.4 Å². The molecule has 2 aromatic rings. The van der Waals surface area contributed by atoms with Gasteiger partial charge in [0.2, 0.25) is 21.7 Å². The molecule has 0 heterocycles. The maximum absolute atomic E-state index is 12.8. The van der Waals surface area contributed by atoms with Crippen molar-refractivity contribution >= 4 is 21.6 Å². The Morgan fingerprint density at radius 2 is 1.57 bits per heavy atom. The van der Waals surface area contributed by atoms with E-state index in [1.807, 2.05) is 6.92 Å². The first kappa shape index (κ1) is 23.3. The Morgan fingerprint density at radius 1 is 1.03 bits per heavy atom. The highest BCUT2D eigenvalue weighted by atomic mass is 32.2. The van der Waals surface area contributed by atoms with Gasteiger partial charge >= 0.3 is 0 Å². The van der Waals surface area contributed by atoms with E-state index in [0.717, 1.165) is 16.1 Å². The van der Waals surface area contributed by atoms with Crippen molar-refractivity contribution < 1.29 is 27.4 Å². The van der Waals surface area contributed by atoms with Crippen LogP contribution in [0, 0.1) is 6.92 Å². The number of nitrogens with one attached hydrogen (secondary N) is 1. The molecule has 0 saturated heterocycles. The minimum atomic E-state index is -3.67. The molecule has 0 aromatic heterocycles. The zero-order valence-corrected chi connectivity index (χ0v) is 18.9. The summed E-state index contributed by atoms with van der Waals surface area (Å²) in [5.41, 5.74) is 2.14. The highest BCUT2D eigenvalue weighted by molar-refractivity contribution is 7.92. The van der Waals surface area contributed by atoms with Crippen molar-refractivity contribution in [2.75, 3.05) is 31.9 Å². The quantitative estimate of drug-likeness (QED) is 0.649. The number of rotatable bonds is 9. The number of benzene rings is 2. The molecule has 8 nitrogen and oxygen atoms in total. The van der Waals surface area contributed by atoms with Gasteiger partial charge in [-0.15, -0.1) is 0 Å². The van der Waals surface area contributed by atoms with Gasteiger partial charge in [-0.1, -0.05) is 17.7 Å². The van der Waals surface area contributed by atoms with E-state index in [9.17, 15) is 13.2 Å². The van der Waals surface area contributed by atoms with Gasteiger partial charge in [-0.2, -0.15) is 0 Å². The Hall–Kier alpha value is -2.94. The molecule has 0 aliphatic carbocycles. The van der Waals surface area contributed by atoms with Crippen LogP contribution in [0.1, 0.15) is 18.1 Å². The van der Waals surface area contributed by atoms with E-state index < -0.39 is 22.0 Å². The fourth-order valence-corrected chi connectivity index (χ4v) is 4.25. The van der Waals surface area contributed by atoms with E-state index in [0.29, 0.717) is 28.5 Å². The van der Waals surface area contributed by atoms with Gasteiger partial charge < -0.3 is 19.5 Å². The summed E-state index contributed by atoms with van der Waals surface area (Å²) in [6.07, 6.45) is 1.08. The van der Waals surface area contributed by atoms with E-state index in [4.69, 9.17) is 14.2 Å². The topological polar surface area (TPSA) is 94.2 Å². The van der Waals surface area contributed by atoms with Crippen LogP contribution in [0.5, 0.6) is 17.2 Å². The second-order valence-electron chi connectivity index (χ2n) is 6.82. The lowest BCUT2D eigenvalue weighted by Crippen LogP contribution is -2.47. The van der Waals surface area contributed by atoms with Gasteiger partial charge in [0.15, 0.2) is 11.5 Å². The Labute approximate surface area is 177 Å². The summed E-state index contributed by atoms with van der Waals surface area (Å²) < 4.78 is 41.8. The second kappa shape index (κ2) is 9.71. The van der Waals surface area contributed by atoms with Crippen LogP contribution in [0.2, 0.25) is 0 Å². The van der Waals surface area contributed by atoms with Crippen molar-refractivity contribution in [1.82, 2.24) is 5.32 Å². The molecule has 0 fully saturated rings. The highest BCUT2D eigenvalue weighted by Crippen LogP contribution is 2.38. The van der Waals surface area contributed by atoms with Crippen LogP contribution in [0.3, 0.4) is 0 Å². The lowest BCUT2D eigenvalue weighted by Gasteiger charge is -2.28. The third kappa shape index (κ3) is 5.35. The van der Waals surface area contributed by atoms with Gasteiger partial charge in [0, 0.05) is 6.54 Å². The lowest BCUT2D eigenvalue weighted by atomic mass is 10.1. The van der Waals surface area contributed by atoms with Crippen LogP contribution in [-0.4, -0.2) is 48.0 Å². The van der Waals surface area contributed by atoms with Crippen molar-refractivity contribution in [2.45, 2.75) is 26.4 Å². The van der Waals surface area contributed by atoms with Crippen molar-refractivity contribution in [2.24, 2.45) is 0 Å². The molecular formula is C21H28N2O6S. The van der Waals surface area contributed by atoms with Crippen molar-refractivity contribution in [3.05, 3.63) is 47.5 Å². The van der Waals surface area contributed by atoms with Crippen LogP contribution >= 0.6 is 0 Å². The van der Waals surface area contributed by atoms with Crippen molar-refractivity contribution in [3.8, 4) is 17.2 Å². The average molecular weight is 437 g/mol. The molecule has 1 atom stereocenters. The summed E-state index contributed by atoms with van der Waals surface area (Å²) in [6.45, 7) is 3.61. The third-order valence-corrected chi connectivity index (χ3v) is 5.81. The van der Waals surface area contributed by atoms with Gasteiger partial charge in [0.05, 0.1) is 33.3 Å². The largest absolute Gasteiger partial charge is 0.493 e. The number of carbonyl (C=O) groups is 1. The third-order valence-electron chi connectivity index (χ3n) is 4.57. The maximum Gasteiger partial charge on any atom is 0.243 e. The predicted octanol–water partition coefficient (Wildman–Crippen LogP) is 2.49. The zero-order valence-electron chi connectivity index (χ0n) is 18.1. The first-order chi connectivity index (χ1) is 14.1. The minimum Gasteiger partial charge on any atom is -0.493 e. The summed E-state index contributed by atoms with van der Waals surface area (Å²) in [5.74, 6) is 0.943. The Balaban J connectivity index is 2.23. The Morgan fingerprint density at radius 3 is 2.00 bits per heavy atom. The summed E-state index contributed by atoms with van der Waals surface area (Å²) in [5, 5.41) is 2.78. The molecule has 0 aliphatic heterocycles. The van der Waals surface area contributed by atoms with Crippen LogP contribution in [0.25, 0.3) is 0 Å². The molecule has 0 spiro atoms. The normalized spacial score (nSPS) is 12.1. The lowest BCUT2D eigenvalue weighted by molar-refractivity contribution is -0.122. The van der Waals surface area contributed by atoms with Crippen molar-refractivity contribution in [3.63, 3.8) is 0 Å². The van der Waals surface area contributed by atoms with E-state index in [2.05, 4.69) is 5.32 Å². The number of sulfonamides is 1. The molecule has 2 aromatic carbocycles. The van der Waals surface area contributed by atoms with Crippen LogP contribution in [0.15, 0.2) is 36.4 Å². The van der Waals surface area contributed by atoms with Crippen LogP contribution < -0.4 is 23.8 Å². The fraction of sp³-hybridized carbons (Fsp3) is 0.381. The maximum atomic E-state index is 12.8. The van der Waals surface area contributed by atoms with E-state index in [1.165, 1.54) is 21.3 Å². The molecule has 164 valence electrons. The SMILES string of the molecule is COc1cc(CNC(=O)[C@@H](C)N(c2ccc(C)cc2)S(C)(=O)=O)cc(OC)c1OC. The first-order valence-corrected chi connectivity index (χ1v) is 11.1. The molecule has 1 amide bonds. The first-order valence-electron chi connectivity index (χ1n) is 9.25. The number of ether oxygens (including phenoxy) is 3. The van der Waals surface area contributed by atoms with Gasteiger partial charge in [0.1, 0.15) is 6.04 Å². The second-order valence-corrected chi connectivity index (χ2v) is 8.68. The van der Waals surface area contributed by atoms with E-state index >= 15 is 0 Å². The smallest absolute Gasteiger partial charge is 0.243 e. The van der Waals surface area contributed by atoms with Gasteiger partial charge in [-0.25, -0.2) is 8.42 Å². The molecule has 0 radical (unpaired) electrons. The number of nitrogens with zero attached hydrogens (tertiary/aromatic N) is 1. The molecule has 1 N–H and O–H groups in total. The van der Waals surface area contributed by atoms with Gasteiger partial charge in [-0.3, -0.25) is 9.10 Å². The zero-order chi connectivity index (χ0) is 22.5. The number of hydrogen-bond donors (Lipinski definition) is 1. The molecular weight excluding hydrogens is 408 g/mol. The van der Waals surface area contributed by atoms with Crippen LogP contribution in [0.4, 0.5) is 5.69 Å². The molecule has 0 unspecified atom stereocenters. The molecule has 0 saturated carbocycles. The fourth-order valence-electron chi connectivity index (χ4n) is 3.07. The standard InChI is InChI=1S/C21H28N2O6S/c1-14-7-9-17(10-8-14)23(30(6,25)26)15(2)21(24)22-13-16-11-18(27-3)20(29-5)19(12-16)28-4/h7-12,15H,13H2,1-6H3,(H,22,24)/t15-/m1/s1. The van der Waals surface area contributed by atoms with Gasteiger partial charge in [0.25, 0.3) is 0 Å². The van der Waals surface area contributed by atoms with E-state index in [1.54, 1.807) is 43.3 Å². The summed E-state index contributed by atoms with van der Waals surface area (Å²) in [7, 11) is 0.850. The molecule has 9 heteroatoms. The number of methoxy groups -OCH3 is 3. The number of amides is 1. The number of aryl methyl sites for hydroxylation is 1. The molecule has 2 rings (SSSR count). The van der Waals surface area contributed by atoms with E-state index in [-0.39, 0.29) is 6.54 Å². The average Bonchev–Trinajstić information content (AvgIpc) is 2.71. The summed E-state index contributed by atoms with van der Waals surface area (Å²) in [4.78, 5) is 12.8. The van der Waals surface area contributed by atoms with Crippen molar-refractivity contribution in [1.29, 1.82) is 0 Å². The molecule has 0 bridgehead atoms. The predicted molar refractivity (Wildman–Crippen MR) is 116 cm³/mol. The Kier molecular flexibility index (Phi) is 7.55. The molecule has 0 aliphatic rings. The summed E-state index contributed by atoms with van der Waals surface area (Å²) in [6, 6.07) is 9.46. The minimum absolute atomic E-state index is 0.158. The number of hydrogen-bond acceptors (Lipinski definition) is 6. The number of anilines is 1. The number of carbonyl (C=O) groups excluding carboxylic acids is 1. The highest BCUT2D eigenvalue weighted by Gasteiger charge is 2.29. The molecule has 30 heavy (non-hydrogen) atoms. The summed E-state index contributed by atoms with van der Waals surface area (Å²) >= 11 is 0. The Bertz CT molecular complexity index is 964.